The van der Waals surface area contributed by atoms with Crippen LogP contribution in [0.15, 0.2) is 52.2 Å². The molecule has 0 bridgehead atoms. The predicted octanol–water partition coefficient (Wildman–Crippen LogP) is 2.54. The molecule has 0 aliphatic rings. The van der Waals surface area contributed by atoms with Crippen LogP contribution in [-0.2, 0) is 23.6 Å². The second-order valence-electron chi connectivity index (χ2n) is 5.41. The third-order valence-corrected chi connectivity index (χ3v) is 5.41. The van der Waals surface area contributed by atoms with E-state index in [0.717, 1.165) is 10.0 Å². The van der Waals surface area contributed by atoms with E-state index in [1.807, 2.05) is 24.3 Å². The maximum absolute atomic E-state index is 12.4. The number of anilines is 1. The molecule has 0 aliphatic heterocycles. The van der Waals surface area contributed by atoms with Crippen molar-refractivity contribution < 1.29 is 8.42 Å². The summed E-state index contributed by atoms with van der Waals surface area (Å²) < 4.78 is 31.6. The van der Waals surface area contributed by atoms with E-state index in [4.69, 9.17) is 0 Å². The van der Waals surface area contributed by atoms with Crippen LogP contribution in [0, 0.1) is 6.92 Å². The van der Waals surface area contributed by atoms with E-state index < -0.39 is 10.0 Å². The molecule has 0 spiro atoms. The van der Waals surface area contributed by atoms with E-state index in [-0.39, 0.29) is 4.90 Å². The minimum absolute atomic E-state index is 0.158. The first kappa shape index (κ1) is 16.7. The number of benzene rings is 1. The Labute approximate surface area is 148 Å². The second kappa shape index (κ2) is 6.40. The summed E-state index contributed by atoms with van der Waals surface area (Å²) in [5, 5.41) is 8.26. The van der Waals surface area contributed by atoms with Gasteiger partial charge in [0.1, 0.15) is 4.90 Å². The van der Waals surface area contributed by atoms with Gasteiger partial charge in [-0.15, -0.1) is 0 Å². The number of halogens is 1. The normalized spacial score (nSPS) is 11.6. The van der Waals surface area contributed by atoms with E-state index in [2.05, 4.69) is 30.8 Å². The Morgan fingerprint density at radius 1 is 1.21 bits per heavy atom. The van der Waals surface area contributed by atoms with Gasteiger partial charge in [-0.05, 0) is 24.6 Å². The van der Waals surface area contributed by atoms with Crippen molar-refractivity contribution in [3.05, 3.63) is 58.6 Å². The zero-order valence-corrected chi connectivity index (χ0v) is 15.5. The Morgan fingerprint density at radius 2 is 1.92 bits per heavy atom. The molecule has 0 saturated carbocycles. The van der Waals surface area contributed by atoms with Crippen LogP contribution in [0.5, 0.6) is 0 Å². The Bertz CT molecular complexity index is 960. The van der Waals surface area contributed by atoms with E-state index in [9.17, 15) is 8.42 Å². The van der Waals surface area contributed by atoms with Crippen molar-refractivity contribution in [2.24, 2.45) is 7.05 Å². The minimum atomic E-state index is -3.68. The van der Waals surface area contributed by atoms with E-state index in [1.54, 1.807) is 24.9 Å². The minimum Gasteiger partial charge on any atom is -0.276 e. The molecule has 126 valence electrons. The van der Waals surface area contributed by atoms with Gasteiger partial charge in [-0.25, -0.2) is 8.42 Å². The van der Waals surface area contributed by atoms with Crippen molar-refractivity contribution in [2.45, 2.75) is 18.4 Å². The summed E-state index contributed by atoms with van der Waals surface area (Å²) in [6.07, 6.45) is 4.62. The van der Waals surface area contributed by atoms with Crippen LogP contribution >= 0.6 is 15.9 Å². The van der Waals surface area contributed by atoms with Gasteiger partial charge in [0.25, 0.3) is 10.0 Å². The lowest BCUT2D eigenvalue weighted by Crippen LogP contribution is -2.13. The molecule has 3 aromatic rings. The molecule has 3 rings (SSSR count). The number of aromatic nitrogens is 4. The van der Waals surface area contributed by atoms with Gasteiger partial charge in [-0.1, -0.05) is 28.1 Å². The Kier molecular flexibility index (Phi) is 4.46. The molecular weight excluding hydrogens is 394 g/mol. The third-order valence-electron chi connectivity index (χ3n) is 3.40. The summed E-state index contributed by atoms with van der Waals surface area (Å²) in [5.41, 5.74) is 1.93. The highest BCUT2D eigenvalue weighted by molar-refractivity contribution is 9.10. The summed E-state index contributed by atoms with van der Waals surface area (Å²) in [6.45, 7) is 2.21. The number of hydrogen-bond donors (Lipinski definition) is 1. The molecular formula is C15H16BrN5O2S. The largest absolute Gasteiger partial charge is 0.276 e. The molecule has 0 fully saturated rings. The van der Waals surface area contributed by atoms with Gasteiger partial charge in [-0.2, -0.15) is 10.2 Å². The highest BCUT2D eigenvalue weighted by Crippen LogP contribution is 2.18. The van der Waals surface area contributed by atoms with E-state index in [0.29, 0.717) is 17.9 Å². The fraction of sp³-hybridized carbons (Fsp3) is 0.200. The topological polar surface area (TPSA) is 81.8 Å². The average Bonchev–Trinajstić information content (AvgIpc) is 3.07. The molecule has 0 radical (unpaired) electrons. The molecule has 1 N–H and O–H groups in total. The van der Waals surface area contributed by atoms with Crippen molar-refractivity contribution >= 4 is 31.6 Å². The summed E-state index contributed by atoms with van der Waals surface area (Å²) in [6, 6.07) is 7.87. The Morgan fingerprint density at radius 3 is 2.54 bits per heavy atom. The van der Waals surface area contributed by atoms with Crippen LogP contribution in [0.25, 0.3) is 0 Å². The molecule has 0 saturated heterocycles. The molecule has 24 heavy (non-hydrogen) atoms. The van der Waals surface area contributed by atoms with E-state index in [1.165, 1.54) is 17.1 Å². The van der Waals surface area contributed by atoms with Crippen molar-refractivity contribution in [1.29, 1.82) is 0 Å². The standard InChI is InChI=1S/C15H16BrN5O2S/c1-11-15(10-20(2)18-11)24(22,23)19-14-7-17-21(9-14)8-12-3-5-13(16)6-4-12/h3-7,9-10,19H,8H2,1-2H3. The Hall–Kier alpha value is -2.13. The van der Waals surface area contributed by atoms with Crippen molar-refractivity contribution in [3.8, 4) is 0 Å². The van der Waals surface area contributed by atoms with Crippen LogP contribution in [0.2, 0.25) is 0 Å². The van der Waals surface area contributed by atoms with Crippen molar-refractivity contribution in [1.82, 2.24) is 19.6 Å². The summed E-state index contributed by atoms with van der Waals surface area (Å²) in [7, 11) is -2.00. The highest BCUT2D eigenvalue weighted by atomic mass is 79.9. The lowest BCUT2D eigenvalue weighted by molar-refractivity contribution is 0.600. The second-order valence-corrected chi connectivity index (χ2v) is 7.98. The van der Waals surface area contributed by atoms with Crippen LogP contribution < -0.4 is 4.72 Å². The SMILES string of the molecule is Cc1nn(C)cc1S(=O)(=O)Nc1cnn(Cc2ccc(Br)cc2)c1. The molecule has 0 amide bonds. The van der Waals surface area contributed by atoms with Gasteiger partial charge in [0.2, 0.25) is 0 Å². The van der Waals surface area contributed by atoms with Crippen molar-refractivity contribution in [2.75, 3.05) is 4.72 Å². The molecule has 0 unspecified atom stereocenters. The number of nitrogens with one attached hydrogen (secondary N) is 1. The van der Waals surface area contributed by atoms with Gasteiger partial charge in [-0.3, -0.25) is 14.1 Å². The molecule has 0 aliphatic carbocycles. The number of nitrogens with zero attached hydrogens (tertiary/aromatic N) is 4. The molecule has 9 heteroatoms. The zero-order valence-electron chi connectivity index (χ0n) is 13.1. The fourth-order valence-electron chi connectivity index (χ4n) is 2.33. The van der Waals surface area contributed by atoms with E-state index >= 15 is 0 Å². The van der Waals surface area contributed by atoms with Gasteiger partial charge in [0.05, 0.1) is 24.1 Å². The fourth-order valence-corrected chi connectivity index (χ4v) is 3.84. The van der Waals surface area contributed by atoms with Crippen molar-refractivity contribution in [3.63, 3.8) is 0 Å². The predicted molar refractivity (Wildman–Crippen MR) is 94.2 cm³/mol. The maximum atomic E-state index is 12.4. The first-order valence-corrected chi connectivity index (χ1v) is 9.41. The molecule has 1 aromatic carbocycles. The highest BCUT2D eigenvalue weighted by Gasteiger charge is 2.20. The summed E-state index contributed by atoms with van der Waals surface area (Å²) in [5.74, 6) is 0. The molecule has 2 heterocycles. The van der Waals surface area contributed by atoms with Crippen LogP contribution in [0.1, 0.15) is 11.3 Å². The van der Waals surface area contributed by atoms with Gasteiger partial charge >= 0.3 is 0 Å². The molecule has 0 atom stereocenters. The third kappa shape index (κ3) is 3.68. The average molecular weight is 410 g/mol. The number of aryl methyl sites for hydroxylation is 2. The van der Waals surface area contributed by atoms with Gasteiger partial charge < -0.3 is 0 Å². The first-order chi connectivity index (χ1) is 11.3. The lowest BCUT2D eigenvalue weighted by atomic mass is 10.2. The Balaban J connectivity index is 1.76. The maximum Gasteiger partial charge on any atom is 0.265 e. The number of rotatable bonds is 5. The lowest BCUT2D eigenvalue weighted by Gasteiger charge is -2.04. The van der Waals surface area contributed by atoms with Gasteiger partial charge in [0, 0.05) is 23.9 Å². The van der Waals surface area contributed by atoms with Crippen LogP contribution in [-0.4, -0.2) is 28.0 Å². The summed E-state index contributed by atoms with van der Waals surface area (Å²) >= 11 is 3.39. The molecule has 2 aromatic heterocycles. The zero-order chi connectivity index (χ0) is 17.3. The first-order valence-electron chi connectivity index (χ1n) is 7.13. The quantitative estimate of drug-likeness (QED) is 0.701. The van der Waals surface area contributed by atoms with Gasteiger partial charge in [0.15, 0.2) is 0 Å². The van der Waals surface area contributed by atoms with Crippen LogP contribution in [0.3, 0.4) is 0 Å². The molecule has 7 nitrogen and oxygen atoms in total. The summed E-state index contributed by atoms with van der Waals surface area (Å²) in [4.78, 5) is 0.158. The smallest absolute Gasteiger partial charge is 0.265 e. The number of hydrogen-bond acceptors (Lipinski definition) is 4. The van der Waals surface area contributed by atoms with Crippen LogP contribution in [0.4, 0.5) is 5.69 Å². The number of sulfonamides is 1. The monoisotopic (exact) mass is 409 g/mol.